The minimum atomic E-state index is 0.612. The first-order chi connectivity index (χ1) is 16.9. The van der Waals surface area contributed by atoms with Crippen molar-refractivity contribution in [1.29, 1.82) is 0 Å². The predicted molar refractivity (Wildman–Crippen MR) is 135 cm³/mol. The van der Waals surface area contributed by atoms with Gasteiger partial charge in [-0.05, 0) is 12.8 Å². The fraction of sp³-hybridized carbons (Fsp3) is 1.00. The minimum Gasteiger partial charge on any atom is -0.382 e. The van der Waals surface area contributed by atoms with Crippen LogP contribution in [-0.4, -0.2) is 107 Å². The van der Waals surface area contributed by atoms with Crippen LogP contribution in [0.4, 0.5) is 0 Å². The maximum absolute atomic E-state index is 5.61. The van der Waals surface area contributed by atoms with Gasteiger partial charge in [-0.1, -0.05) is 51.4 Å². The minimum absolute atomic E-state index is 0.612. The number of rotatable bonds is 31. The van der Waals surface area contributed by atoms with Crippen LogP contribution in [0.25, 0.3) is 0 Å². The Morgan fingerprint density at radius 3 is 0.706 bits per heavy atom. The third-order valence-electron chi connectivity index (χ3n) is 5.18. The van der Waals surface area contributed by atoms with E-state index in [1.165, 1.54) is 51.4 Å². The number of unbranched alkanes of at least 4 members (excludes halogenated alkanes) is 9. The predicted octanol–water partition coefficient (Wildman–Crippen LogP) is 4.28. The van der Waals surface area contributed by atoms with E-state index >= 15 is 0 Å². The second-order valence-electron chi connectivity index (χ2n) is 8.20. The molecule has 0 aliphatic heterocycles. The van der Waals surface area contributed by atoms with Gasteiger partial charge in [-0.25, -0.2) is 0 Å². The van der Waals surface area contributed by atoms with Crippen molar-refractivity contribution in [2.24, 2.45) is 0 Å². The Morgan fingerprint density at radius 1 is 0.235 bits per heavy atom. The van der Waals surface area contributed by atoms with Gasteiger partial charge < -0.3 is 37.9 Å². The monoisotopic (exact) mass is 494 g/mol. The number of ether oxygens (including phenoxy) is 8. The average Bonchev–Trinajstić information content (AvgIpc) is 2.85. The van der Waals surface area contributed by atoms with Crippen molar-refractivity contribution in [3.8, 4) is 0 Å². The topological polar surface area (TPSA) is 73.8 Å². The molecule has 0 aliphatic carbocycles. The van der Waals surface area contributed by atoms with Crippen LogP contribution in [0.2, 0.25) is 0 Å². The third kappa shape index (κ3) is 31.7. The third-order valence-corrected chi connectivity index (χ3v) is 5.18. The van der Waals surface area contributed by atoms with Gasteiger partial charge in [-0.2, -0.15) is 0 Å². The lowest BCUT2D eigenvalue weighted by atomic mass is 10.1. The summed E-state index contributed by atoms with van der Waals surface area (Å²) in [5.41, 5.74) is 0. The first-order valence-electron chi connectivity index (χ1n) is 13.4. The van der Waals surface area contributed by atoms with Gasteiger partial charge in [0.05, 0.1) is 79.3 Å². The number of hydrogen-bond donors (Lipinski definition) is 0. The molecule has 0 aromatic heterocycles. The Labute approximate surface area is 209 Å². The second kappa shape index (κ2) is 32.7. The van der Waals surface area contributed by atoms with E-state index < -0.39 is 0 Å². The molecule has 0 saturated heterocycles. The van der Waals surface area contributed by atoms with Crippen molar-refractivity contribution >= 4 is 0 Å². The van der Waals surface area contributed by atoms with Gasteiger partial charge >= 0.3 is 0 Å². The lowest BCUT2D eigenvalue weighted by Gasteiger charge is -2.07. The van der Waals surface area contributed by atoms with Gasteiger partial charge in [0, 0.05) is 27.4 Å². The highest BCUT2D eigenvalue weighted by molar-refractivity contribution is 4.48. The van der Waals surface area contributed by atoms with Gasteiger partial charge in [0.1, 0.15) is 0 Å². The van der Waals surface area contributed by atoms with Gasteiger partial charge in [0.25, 0.3) is 0 Å². The van der Waals surface area contributed by atoms with Gasteiger partial charge in [0.2, 0.25) is 0 Å². The molecule has 0 heterocycles. The second-order valence-corrected chi connectivity index (χ2v) is 8.20. The summed E-state index contributed by atoms with van der Waals surface area (Å²) in [7, 11) is 3.34. The van der Waals surface area contributed by atoms with Crippen molar-refractivity contribution in [3.63, 3.8) is 0 Å². The average molecular weight is 495 g/mol. The van der Waals surface area contributed by atoms with E-state index in [9.17, 15) is 0 Å². The summed E-state index contributed by atoms with van der Waals surface area (Å²) in [5.74, 6) is 0. The molecule has 0 bridgehead atoms. The highest BCUT2D eigenvalue weighted by Gasteiger charge is 1.96. The molecule has 0 N–H and O–H groups in total. The molecule has 0 aromatic carbocycles. The zero-order chi connectivity index (χ0) is 24.6. The molecule has 0 atom stereocenters. The molecule has 8 heteroatoms. The molecule has 0 radical (unpaired) electrons. The van der Waals surface area contributed by atoms with E-state index in [4.69, 9.17) is 37.9 Å². The number of methoxy groups -OCH3 is 2. The van der Waals surface area contributed by atoms with Crippen molar-refractivity contribution in [1.82, 2.24) is 0 Å². The zero-order valence-corrected chi connectivity index (χ0v) is 22.2. The Morgan fingerprint density at radius 2 is 0.441 bits per heavy atom. The summed E-state index contributed by atoms with van der Waals surface area (Å²) in [6, 6.07) is 0. The van der Waals surface area contributed by atoms with Crippen LogP contribution >= 0.6 is 0 Å². The number of hydrogen-bond acceptors (Lipinski definition) is 8. The quantitative estimate of drug-likeness (QED) is 0.132. The van der Waals surface area contributed by atoms with Crippen LogP contribution in [0.3, 0.4) is 0 Å². The molecular formula is C26H54O8. The smallest absolute Gasteiger partial charge is 0.0701 e. The first kappa shape index (κ1) is 33.7. The summed E-state index contributed by atoms with van der Waals surface area (Å²) in [6.45, 7) is 9.25. The van der Waals surface area contributed by atoms with Crippen LogP contribution in [0.15, 0.2) is 0 Å². The summed E-state index contributed by atoms with van der Waals surface area (Å²) in [4.78, 5) is 0. The van der Waals surface area contributed by atoms with Crippen LogP contribution in [0.1, 0.15) is 64.2 Å². The fourth-order valence-corrected chi connectivity index (χ4v) is 3.19. The molecule has 206 valence electrons. The standard InChI is InChI=1S/C26H54O8/c1-27-15-17-31-23-25-33-21-19-29-13-11-9-7-5-3-4-6-8-10-12-14-30-20-22-34-26-24-32-18-16-28-2/h3-26H2,1-2H3. The SMILES string of the molecule is COCCOCCOCCOCCCCCCCCCCCCOCCOCCOCCOC. The van der Waals surface area contributed by atoms with E-state index in [2.05, 4.69) is 0 Å². The van der Waals surface area contributed by atoms with Crippen LogP contribution in [-0.2, 0) is 37.9 Å². The maximum atomic E-state index is 5.61. The normalized spacial score (nSPS) is 11.5. The molecule has 8 nitrogen and oxygen atoms in total. The summed E-state index contributed by atoms with van der Waals surface area (Å²) >= 11 is 0. The molecule has 0 fully saturated rings. The lowest BCUT2D eigenvalue weighted by Crippen LogP contribution is -2.11. The lowest BCUT2D eigenvalue weighted by molar-refractivity contribution is 0.00321. The molecule has 0 spiro atoms. The van der Waals surface area contributed by atoms with Crippen molar-refractivity contribution in [2.75, 3.05) is 107 Å². The molecule has 0 unspecified atom stereocenters. The molecular weight excluding hydrogens is 440 g/mol. The first-order valence-corrected chi connectivity index (χ1v) is 13.4. The summed E-state index contributed by atoms with van der Waals surface area (Å²) < 4.78 is 42.6. The van der Waals surface area contributed by atoms with Crippen LogP contribution < -0.4 is 0 Å². The van der Waals surface area contributed by atoms with Gasteiger partial charge in [0.15, 0.2) is 0 Å². The largest absolute Gasteiger partial charge is 0.382 e. The highest BCUT2D eigenvalue weighted by atomic mass is 16.6. The zero-order valence-electron chi connectivity index (χ0n) is 22.2. The molecule has 0 saturated carbocycles. The van der Waals surface area contributed by atoms with Crippen molar-refractivity contribution < 1.29 is 37.9 Å². The van der Waals surface area contributed by atoms with Crippen LogP contribution in [0.5, 0.6) is 0 Å². The molecule has 0 amide bonds. The molecule has 0 aliphatic rings. The van der Waals surface area contributed by atoms with Crippen LogP contribution in [0, 0.1) is 0 Å². The fourth-order valence-electron chi connectivity index (χ4n) is 3.19. The van der Waals surface area contributed by atoms with E-state index in [1.54, 1.807) is 14.2 Å². The Kier molecular flexibility index (Phi) is 32.4. The highest BCUT2D eigenvalue weighted by Crippen LogP contribution is 2.10. The molecule has 0 rings (SSSR count). The van der Waals surface area contributed by atoms with E-state index in [-0.39, 0.29) is 0 Å². The summed E-state index contributed by atoms with van der Waals surface area (Å²) in [5, 5.41) is 0. The van der Waals surface area contributed by atoms with E-state index in [1.807, 2.05) is 0 Å². The van der Waals surface area contributed by atoms with Crippen molar-refractivity contribution in [3.05, 3.63) is 0 Å². The van der Waals surface area contributed by atoms with Crippen molar-refractivity contribution in [2.45, 2.75) is 64.2 Å². The van der Waals surface area contributed by atoms with E-state index in [0.717, 1.165) is 26.1 Å². The van der Waals surface area contributed by atoms with Gasteiger partial charge in [-0.15, -0.1) is 0 Å². The molecule has 0 aromatic rings. The Bertz CT molecular complexity index is 315. The molecule has 34 heavy (non-hydrogen) atoms. The maximum Gasteiger partial charge on any atom is 0.0701 e. The summed E-state index contributed by atoms with van der Waals surface area (Å²) in [6.07, 6.45) is 12.8. The van der Waals surface area contributed by atoms with E-state index in [0.29, 0.717) is 79.3 Å². The Balaban J connectivity index is 2.99. The Hall–Kier alpha value is -0.320. The van der Waals surface area contributed by atoms with Gasteiger partial charge in [-0.3, -0.25) is 0 Å².